The Balaban J connectivity index is 1.39. The van der Waals surface area contributed by atoms with Gasteiger partial charge in [-0.1, -0.05) is 53.4 Å². The average Bonchev–Trinajstić information content (AvgIpc) is 3.08. The summed E-state index contributed by atoms with van der Waals surface area (Å²) in [6.07, 6.45) is -0.363. The Morgan fingerprint density at radius 1 is 1.25 bits per heavy atom. The van der Waals surface area contributed by atoms with Crippen molar-refractivity contribution >= 4 is 28.2 Å². The van der Waals surface area contributed by atoms with Crippen LogP contribution in [0.15, 0.2) is 34.7 Å². The van der Waals surface area contributed by atoms with E-state index < -0.39 is 0 Å². The minimum absolute atomic E-state index is 0.363. The molecule has 3 rings (SSSR count). The van der Waals surface area contributed by atoms with Crippen LogP contribution in [-0.2, 0) is 11.3 Å². The van der Waals surface area contributed by atoms with Crippen molar-refractivity contribution in [3.05, 3.63) is 35.9 Å². The second-order valence-electron chi connectivity index (χ2n) is 5.59. The highest BCUT2D eigenvalue weighted by atomic mass is 32.2. The molecule has 1 aliphatic rings. The minimum Gasteiger partial charge on any atom is -0.391 e. The first-order chi connectivity index (χ1) is 11.8. The number of β-amino-alcohol motifs (C(OH)–C–C–N with tert-alkyl or cyclic N) is 1. The molecule has 0 bridgehead atoms. The maximum absolute atomic E-state index is 10.2. The third-order valence-electron chi connectivity index (χ3n) is 3.66. The number of morpholine rings is 1. The lowest BCUT2D eigenvalue weighted by Crippen LogP contribution is -2.41. The number of hydrogen-bond acceptors (Lipinski definition) is 8. The minimum atomic E-state index is -0.363. The number of rotatable bonds is 8. The molecule has 2 N–H and O–H groups in total. The van der Waals surface area contributed by atoms with Gasteiger partial charge in [0, 0.05) is 31.9 Å². The van der Waals surface area contributed by atoms with E-state index in [-0.39, 0.29) is 6.10 Å². The summed E-state index contributed by atoms with van der Waals surface area (Å²) in [4.78, 5) is 2.24. The van der Waals surface area contributed by atoms with Gasteiger partial charge < -0.3 is 15.2 Å². The summed E-state index contributed by atoms with van der Waals surface area (Å²) in [5.74, 6) is 0.630. The van der Waals surface area contributed by atoms with Gasteiger partial charge in [-0.25, -0.2) is 0 Å². The maximum Gasteiger partial charge on any atom is 0.206 e. The van der Waals surface area contributed by atoms with E-state index in [4.69, 9.17) is 4.74 Å². The topological polar surface area (TPSA) is 70.5 Å². The first-order valence-electron chi connectivity index (χ1n) is 8.02. The van der Waals surface area contributed by atoms with Crippen LogP contribution >= 0.6 is 23.1 Å². The van der Waals surface area contributed by atoms with E-state index in [1.165, 1.54) is 16.9 Å². The predicted molar refractivity (Wildman–Crippen MR) is 97.7 cm³/mol. The van der Waals surface area contributed by atoms with E-state index in [1.807, 2.05) is 18.2 Å². The van der Waals surface area contributed by atoms with E-state index in [2.05, 4.69) is 32.5 Å². The normalized spacial score (nSPS) is 16.9. The number of aliphatic hydroxyl groups excluding tert-OH is 1. The molecule has 1 atom stereocenters. The van der Waals surface area contributed by atoms with Crippen molar-refractivity contribution in [1.82, 2.24) is 15.1 Å². The van der Waals surface area contributed by atoms with E-state index in [1.54, 1.807) is 11.8 Å². The molecule has 1 saturated heterocycles. The molecule has 1 aromatic heterocycles. The Bertz CT molecular complexity index is 605. The molecule has 0 unspecified atom stereocenters. The molecular weight excluding hydrogens is 344 g/mol. The third-order valence-corrected chi connectivity index (χ3v) is 5.82. The van der Waals surface area contributed by atoms with Crippen LogP contribution in [0.1, 0.15) is 5.56 Å². The molecule has 0 spiro atoms. The predicted octanol–water partition coefficient (Wildman–Crippen LogP) is 1.94. The van der Waals surface area contributed by atoms with Crippen molar-refractivity contribution in [3.8, 4) is 0 Å². The van der Waals surface area contributed by atoms with Crippen molar-refractivity contribution in [2.75, 3.05) is 43.9 Å². The highest BCUT2D eigenvalue weighted by Crippen LogP contribution is 2.26. The molecule has 0 saturated carbocycles. The monoisotopic (exact) mass is 366 g/mol. The lowest BCUT2D eigenvalue weighted by molar-refractivity contribution is 0.0188. The summed E-state index contributed by atoms with van der Waals surface area (Å²) >= 11 is 3.08. The average molecular weight is 367 g/mol. The van der Waals surface area contributed by atoms with Crippen LogP contribution in [-0.4, -0.2) is 64.9 Å². The summed E-state index contributed by atoms with van der Waals surface area (Å²) < 4.78 is 6.20. The van der Waals surface area contributed by atoms with Gasteiger partial charge in [-0.2, -0.15) is 0 Å². The molecule has 2 aromatic rings. The van der Waals surface area contributed by atoms with Gasteiger partial charge in [-0.15, -0.1) is 10.2 Å². The molecule has 0 radical (unpaired) electrons. The fraction of sp³-hybridized carbons (Fsp3) is 0.500. The molecule has 0 aliphatic carbocycles. The van der Waals surface area contributed by atoms with Crippen molar-refractivity contribution < 1.29 is 9.84 Å². The van der Waals surface area contributed by atoms with E-state index in [0.29, 0.717) is 12.3 Å². The van der Waals surface area contributed by atoms with Crippen LogP contribution in [0.25, 0.3) is 0 Å². The number of nitrogens with one attached hydrogen (secondary N) is 1. The van der Waals surface area contributed by atoms with Crippen molar-refractivity contribution in [1.29, 1.82) is 0 Å². The van der Waals surface area contributed by atoms with E-state index in [0.717, 1.165) is 42.3 Å². The molecule has 2 heterocycles. The summed E-state index contributed by atoms with van der Waals surface area (Å²) in [5, 5.41) is 22.6. The number of aliphatic hydroxyl groups is 1. The SMILES string of the molecule is O[C@H](CSc1nnc(NCc2ccccc2)s1)CN1CCOCC1. The lowest BCUT2D eigenvalue weighted by Gasteiger charge is -2.28. The molecular formula is C16H22N4O2S2. The number of benzene rings is 1. The van der Waals surface area contributed by atoms with Gasteiger partial charge in [0.1, 0.15) is 0 Å². The Kier molecular flexibility index (Phi) is 6.86. The summed E-state index contributed by atoms with van der Waals surface area (Å²) in [6, 6.07) is 10.2. The zero-order valence-electron chi connectivity index (χ0n) is 13.4. The number of nitrogens with zero attached hydrogens (tertiary/aromatic N) is 3. The van der Waals surface area contributed by atoms with Crippen LogP contribution in [0.5, 0.6) is 0 Å². The van der Waals surface area contributed by atoms with Gasteiger partial charge in [-0.3, -0.25) is 4.90 Å². The van der Waals surface area contributed by atoms with Crippen LogP contribution in [0.2, 0.25) is 0 Å². The zero-order valence-corrected chi connectivity index (χ0v) is 15.1. The van der Waals surface area contributed by atoms with Gasteiger partial charge in [0.2, 0.25) is 5.13 Å². The molecule has 130 valence electrons. The Morgan fingerprint density at radius 3 is 2.83 bits per heavy atom. The second-order valence-corrected chi connectivity index (χ2v) is 7.83. The van der Waals surface area contributed by atoms with Gasteiger partial charge in [-0.05, 0) is 5.56 Å². The van der Waals surface area contributed by atoms with Crippen molar-refractivity contribution in [3.63, 3.8) is 0 Å². The highest BCUT2D eigenvalue weighted by molar-refractivity contribution is 8.01. The Labute approximate surface area is 150 Å². The fourth-order valence-electron chi connectivity index (χ4n) is 2.42. The highest BCUT2D eigenvalue weighted by Gasteiger charge is 2.16. The molecule has 24 heavy (non-hydrogen) atoms. The molecule has 0 amide bonds. The van der Waals surface area contributed by atoms with E-state index >= 15 is 0 Å². The number of anilines is 1. The Morgan fingerprint density at radius 2 is 2.04 bits per heavy atom. The first-order valence-corrected chi connectivity index (χ1v) is 9.82. The summed E-state index contributed by atoms with van der Waals surface area (Å²) in [7, 11) is 0. The molecule has 8 heteroatoms. The second kappa shape index (κ2) is 9.33. The van der Waals surface area contributed by atoms with Crippen molar-refractivity contribution in [2.24, 2.45) is 0 Å². The number of aromatic nitrogens is 2. The third kappa shape index (κ3) is 5.71. The van der Waals surface area contributed by atoms with Gasteiger partial charge in [0.15, 0.2) is 4.34 Å². The number of hydrogen-bond donors (Lipinski definition) is 2. The lowest BCUT2D eigenvalue weighted by atomic mass is 10.2. The largest absolute Gasteiger partial charge is 0.391 e. The van der Waals surface area contributed by atoms with Gasteiger partial charge >= 0.3 is 0 Å². The molecule has 1 aliphatic heterocycles. The summed E-state index contributed by atoms with van der Waals surface area (Å²) in [5.41, 5.74) is 1.21. The van der Waals surface area contributed by atoms with Crippen molar-refractivity contribution in [2.45, 2.75) is 17.0 Å². The van der Waals surface area contributed by atoms with Gasteiger partial charge in [0.25, 0.3) is 0 Å². The van der Waals surface area contributed by atoms with Crippen LogP contribution in [0.3, 0.4) is 0 Å². The number of thioether (sulfide) groups is 1. The first kappa shape index (κ1) is 17.6. The molecule has 1 fully saturated rings. The molecule has 6 nitrogen and oxygen atoms in total. The van der Waals surface area contributed by atoms with Gasteiger partial charge in [0.05, 0.1) is 19.3 Å². The maximum atomic E-state index is 10.2. The summed E-state index contributed by atoms with van der Waals surface area (Å²) in [6.45, 7) is 4.73. The zero-order chi connectivity index (χ0) is 16.6. The standard InChI is InChI=1S/C16H22N4O2S2/c21-14(11-20-6-8-22-9-7-20)12-23-16-19-18-15(24-16)17-10-13-4-2-1-3-5-13/h1-5,14,21H,6-12H2,(H,17,18)/t14-/m0/s1. The molecule has 1 aromatic carbocycles. The quantitative estimate of drug-likeness (QED) is 0.692. The van der Waals surface area contributed by atoms with Crippen LogP contribution in [0, 0.1) is 0 Å². The van der Waals surface area contributed by atoms with E-state index in [9.17, 15) is 5.11 Å². The smallest absolute Gasteiger partial charge is 0.206 e. The Hall–Kier alpha value is -1.19. The van der Waals surface area contributed by atoms with Crippen LogP contribution < -0.4 is 5.32 Å². The fourth-order valence-corrected chi connectivity index (χ4v) is 4.10. The van der Waals surface area contributed by atoms with Crippen LogP contribution in [0.4, 0.5) is 5.13 Å². The number of ether oxygens (including phenoxy) is 1.